The van der Waals surface area contributed by atoms with Crippen molar-refractivity contribution in [2.75, 3.05) is 0 Å². The van der Waals surface area contributed by atoms with Crippen LogP contribution in [0, 0.1) is 0 Å². The van der Waals surface area contributed by atoms with Gasteiger partial charge in [-0.25, -0.2) is 0 Å². The molecule has 0 bridgehead atoms. The number of Topliss-reactive ketones (excluding diaryl/α,β-unsaturated/α-hetero) is 1. The molecule has 0 unspecified atom stereocenters. The van der Waals surface area contributed by atoms with Crippen LogP contribution in [0.25, 0.3) is 22.3 Å². The molecule has 512 valence electrons. The van der Waals surface area contributed by atoms with E-state index in [1.165, 1.54) is 224 Å². The van der Waals surface area contributed by atoms with Crippen molar-refractivity contribution in [1.29, 1.82) is 0 Å². The van der Waals surface area contributed by atoms with Gasteiger partial charge in [0.1, 0.15) is 33.8 Å². The third kappa shape index (κ3) is 36.5. The normalized spacial score (nSPS) is 11.5. The highest BCUT2D eigenvalue weighted by Gasteiger charge is 2.32. The number of ketones is 1. The van der Waals surface area contributed by atoms with E-state index in [4.69, 9.17) is 18.6 Å². The summed E-state index contributed by atoms with van der Waals surface area (Å²) in [4.78, 5) is 72.4. The Morgan fingerprint density at radius 3 is 0.967 bits per heavy atom. The summed E-state index contributed by atoms with van der Waals surface area (Å²) in [5, 5.41) is 21.3. The highest BCUT2D eigenvalue weighted by atomic mass is 16.6. The second kappa shape index (κ2) is 53.8. The van der Waals surface area contributed by atoms with Crippen LogP contribution in [0.1, 0.15) is 398 Å². The Kier molecular flexibility index (Phi) is 47.6. The van der Waals surface area contributed by atoms with E-state index in [2.05, 4.69) is 27.7 Å². The van der Waals surface area contributed by atoms with Crippen molar-refractivity contribution < 1.29 is 48.0 Å². The van der Waals surface area contributed by atoms with Gasteiger partial charge in [-0.1, -0.05) is 336 Å². The molecule has 0 atom stereocenters. The summed E-state index contributed by atoms with van der Waals surface area (Å²) >= 11 is 0. The Labute approximate surface area is 547 Å². The lowest BCUT2D eigenvalue weighted by Gasteiger charge is -2.18. The van der Waals surface area contributed by atoms with Gasteiger partial charge in [-0.15, -0.1) is 0 Å². The number of carbonyl (C=O) groups is 4. The minimum Gasteiger partial charge on any atom is -0.508 e. The topological polar surface area (TPSA) is 167 Å². The predicted molar refractivity (Wildman–Crippen MR) is 374 cm³/mol. The number of carbonyl (C=O) groups excluding carboxylic acids is 4. The van der Waals surface area contributed by atoms with Crippen LogP contribution in [0.5, 0.6) is 28.7 Å². The van der Waals surface area contributed by atoms with Gasteiger partial charge in [0.2, 0.25) is 11.2 Å². The number of ether oxygens (including phenoxy) is 3. The SMILES string of the molecule is CCCCCCCCCCCCCCCC(=O)Oc1cc2oc(-c3ccc(O)cc3O)c(OC(=O)CCCCCCCCCCCCCCC)c(=O)c2c(OC(=O)CCCCCCCCCCCCCCC)c1C(=O)CCCCCCCCCCCCCCC. The van der Waals surface area contributed by atoms with Crippen molar-refractivity contribution in [3.05, 3.63) is 40.1 Å². The molecule has 11 heteroatoms. The summed E-state index contributed by atoms with van der Waals surface area (Å²) < 4.78 is 24.9. The van der Waals surface area contributed by atoms with Gasteiger partial charge in [-0.05, 0) is 37.8 Å². The van der Waals surface area contributed by atoms with Crippen molar-refractivity contribution in [3.63, 3.8) is 0 Å². The molecule has 0 amide bonds. The van der Waals surface area contributed by atoms with Crippen molar-refractivity contribution >= 4 is 34.7 Å². The average molecular weight is 1260 g/mol. The second-order valence-corrected chi connectivity index (χ2v) is 26.6. The zero-order valence-electron chi connectivity index (χ0n) is 58.0. The summed E-state index contributed by atoms with van der Waals surface area (Å²) in [6.07, 6.45) is 59.2. The molecule has 0 aliphatic rings. The van der Waals surface area contributed by atoms with Crippen molar-refractivity contribution in [3.8, 4) is 40.1 Å². The summed E-state index contributed by atoms with van der Waals surface area (Å²) in [7, 11) is 0. The Balaban J connectivity index is 1.95. The number of rotatable bonds is 61. The number of fused-ring (bicyclic) bond motifs is 1. The first-order valence-corrected chi connectivity index (χ1v) is 37.9. The number of phenolic OH excluding ortho intramolecular Hbond substituents is 2. The lowest BCUT2D eigenvalue weighted by molar-refractivity contribution is -0.135. The predicted octanol–water partition coefficient (Wildman–Crippen LogP) is 24.7. The number of hydrogen-bond donors (Lipinski definition) is 2. The third-order valence-corrected chi connectivity index (χ3v) is 18.2. The van der Waals surface area contributed by atoms with Gasteiger partial charge in [0.05, 0.1) is 5.56 Å². The smallest absolute Gasteiger partial charge is 0.311 e. The first kappa shape index (κ1) is 79.6. The Morgan fingerprint density at radius 1 is 0.356 bits per heavy atom. The number of unbranched alkanes of at least 4 members (excludes halogenated alkanes) is 48. The van der Waals surface area contributed by atoms with Crippen LogP contribution in [-0.4, -0.2) is 33.9 Å². The van der Waals surface area contributed by atoms with E-state index >= 15 is 4.79 Å². The van der Waals surface area contributed by atoms with Gasteiger partial charge in [-0.2, -0.15) is 0 Å². The van der Waals surface area contributed by atoms with Crippen molar-refractivity contribution in [1.82, 2.24) is 0 Å². The van der Waals surface area contributed by atoms with Crippen molar-refractivity contribution in [2.24, 2.45) is 0 Å². The average Bonchev–Trinajstić information content (AvgIpc) is 0.825. The van der Waals surface area contributed by atoms with Crippen LogP contribution in [0.4, 0.5) is 0 Å². The molecule has 2 N–H and O–H groups in total. The van der Waals surface area contributed by atoms with Gasteiger partial charge in [0.25, 0.3) is 0 Å². The maximum Gasteiger partial charge on any atom is 0.311 e. The summed E-state index contributed by atoms with van der Waals surface area (Å²) in [6.45, 7) is 8.97. The highest BCUT2D eigenvalue weighted by molar-refractivity contribution is 6.08. The first-order valence-electron chi connectivity index (χ1n) is 37.9. The molecule has 0 spiro atoms. The standard InChI is InChI=1S/C79H130O11/c1-5-9-13-17-21-25-29-33-37-41-45-49-53-57-67(81)74-69(87-71(83)58-54-50-46-42-38-34-30-26-22-18-14-10-6-2)64-70-75(78(74)89-72(84)59-55-51-47-43-39-35-31-27-23-19-15-11-7-3)76(86)79(77(88-70)66-62-61-65(80)63-68(66)82)90-73(85)60-56-52-48-44-40-36-32-28-24-20-16-12-8-4/h61-64,80,82H,5-60H2,1-4H3. The van der Waals surface area contributed by atoms with Crippen LogP contribution in [0.2, 0.25) is 0 Å². The fourth-order valence-electron chi connectivity index (χ4n) is 12.5. The van der Waals surface area contributed by atoms with Crippen LogP contribution in [0.15, 0.2) is 33.5 Å². The molecule has 2 aromatic carbocycles. The van der Waals surface area contributed by atoms with Crippen LogP contribution in [0.3, 0.4) is 0 Å². The second-order valence-electron chi connectivity index (χ2n) is 26.6. The summed E-state index contributed by atoms with van der Waals surface area (Å²) in [5.74, 6) is -4.54. The van der Waals surface area contributed by atoms with Gasteiger partial charge in [0, 0.05) is 37.8 Å². The molecule has 0 radical (unpaired) electrons. The first-order chi connectivity index (χ1) is 44.1. The summed E-state index contributed by atoms with van der Waals surface area (Å²) in [5.41, 5.74) is -1.36. The van der Waals surface area contributed by atoms with Gasteiger partial charge in [-0.3, -0.25) is 24.0 Å². The van der Waals surface area contributed by atoms with E-state index in [1.807, 2.05) is 0 Å². The molecule has 3 rings (SSSR count). The Hall–Kier alpha value is -4.67. The zero-order valence-corrected chi connectivity index (χ0v) is 58.0. The fourth-order valence-corrected chi connectivity index (χ4v) is 12.5. The molecule has 0 saturated heterocycles. The summed E-state index contributed by atoms with van der Waals surface area (Å²) in [6, 6.07) is 5.06. The van der Waals surface area contributed by atoms with E-state index in [-0.39, 0.29) is 70.8 Å². The highest BCUT2D eigenvalue weighted by Crippen LogP contribution is 2.44. The Bertz CT molecular complexity index is 2400. The number of hydrogen-bond acceptors (Lipinski definition) is 11. The Morgan fingerprint density at radius 2 is 0.644 bits per heavy atom. The fraction of sp³-hybridized carbons (Fsp3) is 0.759. The number of esters is 3. The molecule has 3 aromatic rings. The lowest BCUT2D eigenvalue weighted by Crippen LogP contribution is -2.20. The molecule has 1 aromatic heterocycles. The van der Waals surface area contributed by atoms with E-state index in [0.717, 1.165) is 109 Å². The molecular weight excluding hydrogens is 1120 g/mol. The maximum absolute atomic E-state index is 15.4. The van der Waals surface area contributed by atoms with Gasteiger partial charge in [0.15, 0.2) is 17.3 Å². The molecule has 1 heterocycles. The lowest BCUT2D eigenvalue weighted by atomic mass is 9.98. The van der Waals surface area contributed by atoms with Gasteiger partial charge >= 0.3 is 17.9 Å². The molecular formula is C79H130O11. The third-order valence-electron chi connectivity index (χ3n) is 18.2. The number of aromatic hydroxyl groups is 2. The largest absolute Gasteiger partial charge is 0.508 e. The van der Waals surface area contributed by atoms with E-state index in [1.54, 1.807) is 0 Å². The van der Waals surface area contributed by atoms with E-state index < -0.39 is 40.6 Å². The van der Waals surface area contributed by atoms with E-state index in [9.17, 15) is 29.4 Å². The van der Waals surface area contributed by atoms with Crippen LogP contribution >= 0.6 is 0 Å². The zero-order chi connectivity index (χ0) is 64.9. The molecule has 11 nitrogen and oxygen atoms in total. The van der Waals surface area contributed by atoms with Crippen LogP contribution < -0.4 is 19.6 Å². The molecule has 0 saturated carbocycles. The van der Waals surface area contributed by atoms with E-state index in [0.29, 0.717) is 25.7 Å². The number of benzene rings is 2. The number of phenols is 2. The van der Waals surface area contributed by atoms with Gasteiger partial charge < -0.3 is 28.8 Å². The molecule has 0 fully saturated rings. The molecule has 0 aliphatic carbocycles. The minimum atomic E-state index is -0.902. The molecule has 0 aliphatic heterocycles. The van der Waals surface area contributed by atoms with Crippen molar-refractivity contribution in [2.45, 2.75) is 387 Å². The monoisotopic (exact) mass is 1250 g/mol. The maximum atomic E-state index is 15.4. The minimum absolute atomic E-state index is 0.00814. The molecule has 90 heavy (non-hydrogen) atoms. The quantitative estimate of drug-likeness (QED) is 0.0239. The van der Waals surface area contributed by atoms with Crippen LogP contribution in [-0.2, 0) is 14.4 Å².